The molecule has 3 aromatic rings. The molecular weight excluding hydrogens is 403 g/mol. The Bertz CT molecular complexity index is 982. The number of benzene rings is 2. The largest absolute Gasteiger partial charge is 0.416 e. The smallest absolute Gasteiger partial charge is 0.286 e. The fourth-order valence-corrected chi connectivity index (χ4v) is 3.56. The van der Waals surface area contributed by atoms with E-state index in [1.54, 1.807) is 10.7 Å². The number of halogens is 3. The zero-order chi connectivity index (χ0) is 22.6. The Morgan fingerprint density at radius 1 is 1.00 bits per heavy atom. The van der Waals surface area contributed by atoms with E-state index in [1.165, 1.54) is 12.1 Å². The van der Waals surface area contributed by atoms with Gasteiger partial charge in [0.2, 0.25) is 0 Å². The van der Waals surface area contributed by atoms with Gasteiger partial charge in [0.05, 0.1) is 17.1 Å². The minimum atomic E-state index is -4.42. The van der Waals surface area contributed by atoms with E-state index < -0.39 is 17.8 Å². The van der Waals surface area contributed by atoms with Crippen LogP contribution in [-0.2, 0) is 18.3 Å². The van der Waals surface area contributed by atoms with E-state index in [9.17, 15) is 13.2 Å². The summed E-state index contributed by atoms with van der Waals surface area (Å²) in [5.41, 5.74) is 0.510. The van der Waals surface area contributed by atoms with Gasteiger partial charge in [-0.3, -0.25) is 4.90 Å². The fraction of sp³-hybridized carbons (Fsp3) is 0.435. The van der Waals surface area contributed by atoms with Crippen molar-refractivity contribution in [3.05, 3.63) is 77.1 Å². The van der Waals surface area contributed by atoms with Crippen LogP contribution in [0.2, 0.25) is 0 Å². The second kappa shape index (κ2) is 9.18. The average Bonchev–Trinajstić information content (AvgIpc) is 3.24. The lowest BCUT2D eigenvalue weighted by atomic mass is 9.98. The highest BCUT2D eigenvalue weighted by molar-refractivity contribution is 5.32. The standard InChI is InChI=1S/C23H28F3N5/c1-5-22(3,4)31-21(27-28-29-31)20(18-13-10-14-19(15-18)23(24,25)26)30(6-2)16-17-11-8-7-9-12-17/h7-15,20H,5-6,16H2,1-4H3. The van der Waals surface area contributed by atoms with E-state index in [0.29, 0.717) is 24.5 Å². The summed E-state index contributed by atoms with van der Waals surface area (Å²) in [6, 6.07) is 14.8. The van der Waals surface area contributed by atoms with E-state index in [1.807, 2.05) is 58.0 Å². The summed E-state index contributed by atoms with van der Waals surface area (Å²) in [4.78, 5) is 2.10. The molecule has 1 heterocycles. The van der Waals surface area contributed by atoms with Gasteiger partial charge in [-0.05, 0) is 60.5 Å². The minimum Gasteiger partial charge on any atom is -0.286 e. The summed E-state index contributed by atoms with van der Waals surface area (Å²) >= 11 is 0. The Hall–Kier alpha value is -2.74. The van der Waals surface area contributed by atoms with E-state index in [0.717, 1.165) is 18.1 Å². The first kappa shape index (κ1) is 22.9. The van der Waals surface area contributed by atoms with Crippen LogP contribution in [0.25, 0.3) is 0 Å². The molecule has 8 heteroatoms. The number of rotatable bonds is 8. The highest BCUT2D eigenvalue weighted by Crippen LogP contribution is 2.35. The number of hydrogen-bond acceptors (Lipinski definition) is 4. The van der Waals surface area contributed by atoms with Crippen LogP contribution in [0.1, 0.15) is 62.7 Å². The molecule has 1 aromatic heterocycles. The van der Waals surface area contributed by atoms with Crippen molar-refractivity contribution in [3.8, 4) is 0 Å². The SMILES string of the molecule is CCN(Cc1ccccc1)C(c1cccc(C(F)(F)F)c1)c1nnnn1C(C)(C)CC. The van der Waals surface area contributed by atoms with Gasteiger partial charge < -0.3 is 0 Å². The maximum absolute atomic E-state index is 13.5. The molecule has 166 valence electrons. The lowest BCUT2D eigenvalue weighted by Crippen LogP contribution is -2.36. The van der Waals surface area contributed by atoms with E-state index in [2.05, 4.69) is 20.4 Å². The lowest BCUT2D eigenvalue weighted by molar-refractivity contribution is -0.137. The first-order chi connectivity index (χ1) is 14.7. The molecule has 0 aliphatic rings. The second-order valence-corrected chi connectivity index (χ2v) is 8.19. The third-order valence-electron chi connectivity index (χ3n) is 5.71. The van der Waals surface area contributed by atoms with Crippen molar-refractivity contribution in [3.63, 3.8) is 0 Å². The third-order valence-corrected chi connectivity index (χ3v) is 5.71. The van der Waals surface area contributed by atoms with Gasteiger partial charge >= 0.3 is 6.18 Å². The summed E-state index contributed by atoms with van der Waals surface area (Å²) in [6.45, 7) is 9.22. The summed E-state index contributed by atoms with van der Waals surface area (Å²) in [6.07, 6.45) is -3.66. The van der Waals surface area contributed by atoms with E-state index in [-0.39, 0.29) is 5.54 Å². The highest BCUT2D eigenvalue weighted by Gasteiger charge is 2.35. The van der Waals surface area contributed by atoms with Crippen LogP contribution in [0.4, 0.5) is 13.2 Å². The molecule has 0 radical (unpaired) electrons. The van der Waals surface area contributed by atoms with Gasteiger partial charge in [0.25, 0.3) is 0 Å². The summed E-state index contributed by atoms with van der Waals surface area (Å²) < 4.78 is 42.1. The van der Waals surface area contributed by atoms with E-state index >= 15 is 0 Å². The predicted octanol–water partition coefficient (Wildman–Crippen LogP) is 5.45. The van der Waals surface area contributed by atoms with Crippen LogP contribution < -0.4 is 0 Å². The molecule has 2 aromatic carbocycles. The topological polar surface area (TPSA) is 46.8 Å². The minimum absolute atomic E-state index is 0.384. The van der Waals surface area contributed by atoms with Gasteiger partial charge in [-0.15, -0.1) is 5.10 Å². The molecule has 0 fully saturated rings. The number of alkyl halides is 3. The van der Waals surface area contributed by atoms with Crippen molar-refractivity contribution < 1.29 is 13.2 Å². The summed E-state index contributed by atoms with van der Waals surface area (Å²) in [5.74, 6) is 0.531. The number of nitrogens with zero attached hydrogens (tertiary/aromatic N) is 5. The molecule has 0 N–H and O–H groups in total. The van der Waals surface area contributed by atoms with Gasteiger partial charge in [0.15, 0.2) is 5.82 Å². The monoisotopic (exact) mass is 431 g/mol. The van der Waals surface area contributed by atoms with E-state index in [4.69, 9.17) is 0 Å². The Labute approximate surface area is 180 Å². The Balaban J connectivity index is 2.14. The molecule has 0 saturated carbocycles. The van der Waals surface area contributed by atoms with Crippen LogP contribution in [0.5, 0.6) is 0 Å². The molecule has 1 atom stereocenters. The maximum Gasteiger partial charge on any atom is 0.416 e. The van der Waals surface area contributed by atoms with Crippen molar-refractivity contribution in [2.75, 3.05) is 6.54 Å². The van der Waals surface area contributed by atoms with Crippen LogP contribution in [-0.4, -0.2) is 31.7 Å². The van der Waals surface area contributed by atoms with Crippen LogP contribution in [0.15, 0.2) is 54.6 Å². The zero-order valence-corrected chi connectivity index (χ0v) is 18.3. The maximum atomic E-state index is 13.5. The van der Waals surface area contributed by atoms with Gasteiger partial charge in [0.1, 0.15) is 0 Å². The summed E-state index contributed by atoms with van der Waals surface area (Å²) in [5, 5.41) is 12.4. The Kier molecular flexibility index (Phi) is 6.79. The quantitative estimate of drug-likeness (QED) is 0.476. The van der Waals surface area contributed by atoms with Crippen LogP contribution >= 0.6 is 0 Å². The number of hydrogen-bond donors (Lipinski definition) is 0. The predicted molar refractivity (Wildman–Crippen MR) is 113 cm³/mol. The van der Waals surface area contributed by atoms with Crippen molar-refractivity contribution in [2.24, 2.45) is 0 Å². The third kappa shape index (κ3) is 5.12. The van der Waals surface area contributed by atoms with Crippen LogP contribution in [0, 0.1) is 0 Å². The molecule has 0 saturated heterocycles. The normalized spacial score (nSPS) is 13.5. The number of aromatic nitrogens is 4. The lowest BCUT2D eigenvalue weighted by Gasteiger charge is -2.33. The van der Waals surface area contributed by atoms with Crippen molar-refractivity contribution in [1.82, 2.24) is 25.1 Å². The molecular formula is C23H28F3N5. The molecule has 0 amide bonds. The first-order valence-corrected chi connectivity index (χ1v) is 10.4. The molecule has 0 bridgehead atoms. The first-order valence-electron chi connectivity index (χ1n) is 10.4. The number of tetrazole rings is 1. The molecule has 5 nitrogen and oxygen atoms in total. The van der Waals surface area contributed by atoms with Gasteiger partial charge in [0, 0.05) is 6.54 Å². The average molecular weight is 432 g/mol. The highest BCUT2D eigenvalue weighted by atomic mass is 19.4. The Morgan fingerprint density at radius 3 is 2.32 bits per heavy atom. The zero-order valence-electron chi connectivity index (χ0n) is 18.3. The molecule has 3 rings (SSSR count). The van der Waals surface area contributed by atoms with Gasteiger partial charge in [-0.25, -0.2) is 4.68 Å². The molecule has 1 unspecified atom stereocenters. The second-order valence-electron chi connectivity index (χ2n) is 8.19. The molecule has 0 aliphatic heterocycles. The van der Waals surface area contributed by atoms with Gasteiger partial charge in [-0.1, -0.05) is 56.3 Å². The molecule has 31 heavy (non-hydrogen) atoms. The summed E-state index contributed by atoms with van der Waals surface area (Å²) in [7, 11) is 0. The van der Waals surface area contributed by atoms with Crippen molar-refractivity contribution in [2.45, 2.75) is 58.4 Å². The molecule has 0 spiro atoms. The molecule has 0 aliphatic carbocycles. The van der Waals surface area contributed by atoms with Crippen molar-refractivity contribution >= 4 is 0 Å². The van der Waals surface area contributed by atoms with Crippen molar-refractivity contribution in [1.29, 1.82) is 0 Å². The van der Waals surface area contributed by atoms with Gasteiger partial charge in [-0.2, -0.15) is 13.2 Å². The van der Waals surface area contributed by atoms with Crippen LogP contribution in [0.3, 0.4) is 0 Å². The fourth-order valence-electron chi connectivity index (χ4n) is 3.56. The Morgan fingerprint density at radius 2 is 1.71 bits per heavy atom.